The van der Waals surface area contributed by atoms with Crippen LogP contribution in [-0.2, 0) is 16.1 Å². The van der Waals surface area contributed by atoms with Crippen LogP contribution in [0.4, 0.5) is 10.1 Å². The maximum atomic E-state index is 14.6. The molecule has 2 aromatic carbocycles. The molecule has 0 aliphatic heterocycles. The summed E-state index contributed by atoms with van der Waals surface area (Å²) >= 11 is 0. The first-order chi connectivity index (χ1) is 16.0. The second kappa shape index (κ2) is 9.97. The van der Waals surface area contributed by atoms with E-state index >= 15 is 0 Å². The fraction of sp³-hybridized carbons (Fsp3) is 0.280. The van der Waals surface area contributed by atoms with Gasteiger partial charge in [0, 0.05) is 30.9 Å². The van der Waals surface area contributed by atoms with E-state index in [0.717, 1.165) is 11.3 Å². The average Bonchev–Trinajstić information content (AvgIpc) is 3.54. The van der Waals surface area contributed by atoms with E-state index in [1.54, 1.807) is 31.5 Å². The maximum Gasteiger partial charge on any atom is 0.255 e. The summed E-state index contributed by atoms with van der Waals surface area (Å²) in [5.41, 5.74) is 1.07. The minimum atomic E-state index is -0.648. The standard InChI is InChI=1S/C25H25FN2O5/c1-32-18-8-5-16(6-9-18)14-33-15-20-19(13-29)24(20)25(31)27-22-10-7-17(12-21(22)26)28-11-3-2-4-23(28)30/h2-12,19-20,24,29H,13-15H2,1H3,(H,27,31). The van der Waals surface area contributed by atoms with Crippen LogP contribution >= 0.6 is 0 Å². The Morgan fingerprint density at radius 3 is 2.58 bits per heavy atom. The number of anilines is 1. The van der Waals surface area contributed by atoms with Crippen molar-refractivity contribution in [3.05, 3.63) is 88.6 Å². The van der Waals surface area contributed by atoms with Crippen LogP contribution in [0.5, 0.6) is 5.75 Å². The minimum absolute atomic E-state index is 0.0224. The molecule has 33 heavy (non-hydrogen) atoms. The van der Waals surface area contributed by atoms with Crippen LogP contribution < -0.4 is 15.6 Å². The van der Waals surface area contributed by atoms with Crippen LogP contribution in [0.25, 0.3) is 5.69 Å². The molecule has 1 aliphatic rings. The number of aliphatic hydroxyl groups excluding tert-OH is 1. The van der Waals surface area contributed by atoms with E-state index in [-0.39, 0.29) is 35.6 Å². The fourth-order valence-corrected chi connectivity index (χ4v) is 3.96. The molecule has 1 saturated carbocycles. The van der Waals surface area contributed by atoms with Crippen molar-refractivity contribution >= 4 is 11.6 Å². The molecule has 1 fully saturated rings. The molecule has 3 atom stereocenters. The third kappa shape index (κ3) is 5.13. The molecule has 0 bridgehead atoms. The number of nitrogens with zero attached hydrogens (tertiary/aromatic N) is 1. The largest absolute Gasteiger partial charge is 0.497 e. The average molecular weight is 452 g/mol. The molecule has 0 radical (unpaired) electrons. The van der Waals surface area contributed by atoms with Crippen molar-refractivity contribution in [2.75, 3.05) is 25.6 Å². The van der Waals surface area contributed by atoms with E-state index < -0.39 is 11.7 Å². The smallest absolute Gasteiger partial charge is 0.255 e. The quantitative estimate of drug-likeness (QED) is 0.521. The first-order valence-electron chi connectivity index (χ1n) is 10.6. The molecule has 1 aromatic heterocycles. The number of amides is 1. The third-order valence-electron chi connectivity index (χ3n) is 5.89. The first kappa shape index (κ1) is 22.7. The summed E-state index contributed by atoms with van der Waals surface area (Å²) in [5.74, 6) is -1.08. The Labute approximate surface area is 190 Å². The summed E-state index contributed by atoms with van der Waals surface area (Å²) in [4.78, 5) is 24.6. The predicted octanol–water partition coefficient (Wildman–Crippen LogP) is 3.00. The zero-order valence-corrected chi connectivity index (χ0v) is 18.1. The number of hydrogen-bond donors (Lipinski definition) is 2. The lowest BCUT2D eigenvalue weighted by Crippen LogP contribution is -2.19. The second-order valence-corrected chi connectivity index (χ2v) is 7.96. The number of benzene rings is 2. The molecule has 3 aromatic rings. The van der Waals surface area contributed by atoms with Crippen LogP contribution in [0.3, 0.4) is 0 Å². The number of carbonyl (C=O) groups is 1. The highest BCUT2D eigenvalue weighted by Crippen LogP contribution is 2.47. The highest BCUT2D eigenvalue weighted by molar-refractivity contribution is 5.95. The van der Waals surface area contributed by atoms with Crippen molar-refractivity contribution in [2.45, 2.75) is 6.61 Å². The zero-order chi connectivity index (χ0) is 23.4. The molecule has 1 aliphatic carbocycles. The monoisotopic (exact) mass is 452 g/mol. The summed E-state index contributed by atoms with van der Waals surface area (Å²) in [7, 11) is 1.60. The third-order valence-corrected chi connectivity index (χ3v) is 5.89. The molecule has 0 spiro atoms. The molecule has 2 N–H and O–H groups in total. The number of rotatable bonds is 9. The molecular weight excluding hydrogens is 427 g/mol. The molecule has 3 unspecified atom stereocenters. The molecule has 172 valence electrons. The van der Waals surface area contributed by atoms with Gasteiger partial charge in [-0.2, -0.15) is 0 Å². The molecule has 0 saturated heterocycles. The summed E-state index contributed by atoms with van der Waals surface area (Å²) < 4.78 is 26.8. The van der Waals surface area contributed by atoms with Crippen LogP contribution in [-0.4, -0.2) is 35.9 Å². The highest BCUT2D eigenvalue weighted by atomic mass is 19.1. The van der Waals surface area contributed by atoms with Gasteiger partial charge in [0.25, 0.3) is 5.56 Å². The van der Waals surface area contributed by atoms with Crippen LogP contribution in [0, 0.1) is 23.6 Å². The lowest BCUT2D eigenvalue weighted by atomic mass is 10.2. The maximum absolute atomic E-state index is 14.6. The van der Waals surface area contributed by atoms with Gasteiger partial charge in [0.15, 0.2) is 0 Å². The lowest BCUT2D eigenvalue weighted by molar-refractivity contribution is -0.118. The first-order valence-corrected chi connectivity index (χ1v) is 10.6. The van der Waals surface area contributed by atoms with Gasteiger partial charge in [0.05, 0.1) is 31.7 Å². The Morgan fingerprint density at radius 2 is 1.91 bits per heavy atom. The summed E-state index contributed by atoms with van der Waals surface area (Å²) in [6, 6.07) is 16.3. The molecule has 4 rings (SSSR count). The Bertz CT molecular complexity index is 1180. The van der Waals surface area contributed by atoms with Crippen molar-refractivity contribution in [2.24, 2.45) is 17.8 Å². The van der Waals surface area contributed by atoms with Gasteiger partial charge in [-0.25, -0.2) is 4.39 Å². The van der Waals surface area contributed by atoms with E-state index in [1.165, 1.54) is 22.8 Å². The molecular formula is C25H25FN2O5. The summed E-state index contributed by atoms with van der Waals surface area (Å²) in [5, 5.41) is 12.2. The Kier molecular flexibility index (Phi) is 6.86. The van der Waals surface area contributed by atoms with Gasteiger partial charge in [-0.15, -0.1) is 0 Å². The van der Waals surface area contributed by atoms with Crippen LogP contribution in [0.2, 0.25) is 0 Å². The van der Waals surface area contributed by atoms with Gasteiger partial charge in [-0.3, -0.25) is 14.2 Å². The van der Waals surface area contributed by atoms with Crippen LogP contribution in [0.1, 0.15) is 5.56 Å². The topological polar surface area (TPSA) is 89.8 Å². The number of nitrogens with one attached hydrogen (secondary N) is 1. The molecule has 8 heteroatoms. The van der Waals surface area contributed by atoms with Gasteiger partial charge in [-0.05, 0) is 47.7 Å². The lowest BCUT2D eigenvalue weighted by Gasteiger charge is -2.10. The molecule has 7 nitrogen and oxygen atoms in total. The van der Waals surface area contributed by atoms with E-state index in [9.17, 15) is 19.1 Å². The van der Waals surface area contributed by atoms with Crippen molar-refractivity contribution in [1.29, 1.82) is 0 Å². The van der Waals surface area contributed by atoms with E-state index in [1.807, 2.05) is 24.3 Å². The zero-order valence-electron chi connectivity index (χ0n) is 18.1. The number of aromatic nitrogens is 1. The number of methoxy groups -OCH3 is 1. The van der Waals surface area contributed by atoms with Crippen molar-refractivity contribution < 1.29 is 23.8 Å². The number of carbonyl (C=O) groups excluding carboxylic acids is 1. The van der Waals surface area contributed by atoms with Crippen molar-refractivity contribution in [1.82, 2.24) is 4.57 Å². The second-order valence-electron chi connectivity index (χ2n) is 7.96. The van der Waals surface area contributed by atoms with Gasteiger partial charge < -0.3 is 19.9 Å². The fourth-order valence-electron chi connectivity index (χ4n) is 3.96. The van der Waals surface area contributed by atoms with Crippen molar-refractivity contribution in [3.63, 3.8) is 0 Å². The van der Waals surface area contributed by atoms with Crippen LogP contribution in [0.15, 0.2) is 71.7 Å². The Hall–Kier alpha value is -3.49. The number of ether oxygens (including phenoxy) is 2. The minimum Gasteiger partial charge on any atom is -0.497 e. The van der Waals surface area contributed by atoms with Crippen molar-refractivity contribution in [3.8, 4) is 11.4 Å². The SMILES string of the molecule is COc1ccc(COCC2C(CO)C2C(=O)Nc2ccc(-n3ccccc3=O)cc2F)cc1. The van der Waals surface area contributed by atoms with Gasteiger partial charge in [0.2, 0.25) is 5.91 Å². The number of halogens is 1. The molecule has 1 amide bonds. The van der Waals surface area contributed by atoms with E-state index in [0.29, 0.717) is 18.9 Å². The Balaban J connectivity index is 1.34. The van der Waals surface area contributed by atoms with E-state index in [2.05, 4.69) is 5.32 Å². The number of pyridine rings is 1. The highest BCUT2D eigenvalue weighted by Gasteiger charge is 2.54. The number of hydrogen-bond acceptors (Lipinski definition) is 5. The summed E-state index contributed by atoms with van der Waals surface area (Å²) in [6.07, 6.45) is 1.54. The molecule has 1 heterocycles. The normalized spacial score (nSPS) is 19.2. The van der Waals surface area contributed by atoms with E-state index in [4.69, 9.17) is 9.47 Å². The predicted molar refractivity (Wildman–Crippen MR) is 121 cm³/mol. The van der Waals surface area contributed by atoms with Gasteiger partial charge >= 0.3 is 0 Å². The van der Waals surface area contributed by atoms with Gasteiger partial charge in [0.1, 0.15) is 11.6 Å². The van der Waals surface area contributed by atoms with Gasteiger partial charge in [-0.1, -0.05) is 18.2 Å². The number of aliphatic hydroxyl groups is 1. The summed E-state index contributed by atoms with van der Waals surface area (Å²) in [6.45, 7) is 0.544. The Morgan fingerprint density at radius 1 is 1.12 bits per heavy atom.